The number of aliphatic carboxylic acids is 1. The maximum Gasteiger partial charge on any atom is 0.408 e. The summed E-state index contributed by atoms with van der Waals surface area (Å²) in [4.78, 5) is 40.5. The summed E-state index contributed by atoms with van der Waals surface area (Å²) in [5, 5.41) is 26.1. The highest BCUT2D eigenvalue weighted by molar-refractivity contribution is 5.98. The highest BCUT2D eigenvalue weighted by Gasteiger charge is 2.22. The van der Waals surface area contributed by atoms with Gasteiger partial charge < -0.3 is 31.1 Å². The number of guanidine groups is 1. The molecular weight excluding hydrogens is 478 g/mol. The summed E-state index contributed by atoms with van der Waals surface area (Å²) in [5.41, 5.74) is 1.75. The summed E-state index contributed by atoms with van der Waals surface area (Å²) in [6.07, 6.45) is 1.87. The average Bonchev–Trinajstić information content (AvgIpc) is 3.57. The number of carbonyl (C=O) groups is 3. The van der Waals surface area contributed by atoms with Gasteiger partial charge in [-0.05, 0) is 24.1 Å². The topological polar surface area (TPSA) is 159 Å². The first-order valence-electron chi connectivity index (χ1n) is 12.0. The molecule has 1 aliphatic rings. The maximum absolute atomic E-state index is 12.6. The molecule has 0 saturated heterocycles. The Bertz CT molecular complexity index is 1270. The van der Waals surface area contributed by atoms with Crippen LogP contribution in [0.25, 0.3) is 10.9 Å². The Morgan fingerprint density at radius 1 is 1.16 bits per heavy atom. The molecule has 0 fully saturated rings. The van der Waals surface area contributed by atoms with Crippen LogP contribution in [0.5, 0.6) is 0 Å². The predicted octanol–water partition coefficient (Wildman–Crippen LogP) is 1.08. The van der Waals surface area contributed by atoms with Gasteiger partial charge in [-0.3, -0.25) is 14.5 Å². The summed E-state index contributed by atoms with van der Waals surface area (Å²) in [5.74, 6) is -0.946. The fraction of sp³-hybridized carbons (Fsp3) is 0.320. The number of hydrogen-bond donors (Lipinski definition) is 5. The highest BCUT2D eigenvalue weighted by Crippen LogP contribution is 2.15. The molecule has 2 amide bonds. The number of ether oxygens (including phenoxy) is 1. The van der Waals surface area contributed by atoms with Gasteiger partial charge in [0, 0.05) is 43.3 Å². The second-order valence-corrected chi connectivity index (χ2v) is 8.41. The Morgan fingerprint density at radius 2 is 2.00 bits per heavy atom. The average molecular weight is 508 g/mol. The third-order valence-corrected chi connectivity index (χ3v) is 5.62. The number of carboxylic acids is 1. The number of alkyl carbamates (subject to hydrolysis) is 1. The molecule has 4 rings (SSSR count). The van der Waals surface area contributed by atoms with E-state index in [9.17, 15) is 19.5 Å². The van der Waals surface area contributed by atoms with Gasteiger partial charge in [0.05, 0.1) is 12.1 Å². The van der Waals surface area contributed by atoms with Gasteiger partial charge in [-0.25, -0.2) is 9.59 Å². The maximum atomic E-state index is 12.6. The molecule has 1 atom stereocenters. The Kier molecular flexibility index (Phi) is 8.53. The van der Waals surface area contributed by atoms with E-state index in [-0.39, 0.29) is 13.2 Å². The minimum atomic E-state index is -1.35. The van der Waals surface area contributed by atoms with Crippen LogP contribution >= 0.6 is 0 Å². The first kappa shape index (κ1) is 25.5. The lowest BCUT2D eigenvalue weighted by Gasteiger charge is -2.15. The lowest BCUT2D eigenvalue weighted by molar-refractivity contribution is -0.139. The molecule has 0 saturated carbocycles. The van der Waals surface area contributed by atoms with Crippen molar-refractivity contribution < 1.29 is 24.2 Å². The number of carbonyl (C=O) groups excluding carboxylic acids is 2. The number of hydrogen-bond acceptors (Lipinski definition) is 8. The van der Waals surface area contributed by atoms with Crippen molar-refractivity contribution in [3.8, 4) is 0 Å². The smallest absolute Gasteiger partial charge is 0.408 e. The lowest BCUT2D eigenvalue weighted by Crippen LogP contribution is -2.48. The van der Waals surface area contributed by atoms with E-state index in [4.69, 9.17) is 4.74 Å². The molecule has 1 aromatic heterocycles. The van der Waals surface area contributed by atoms with E-state index in [1.807, 2.05) is 16.9 Å². The zero-order valence-electron chi connectivity index (χ0n) is 20.1. The largest absolute Gasteiger partial charge is 0.480 e. The molecule has 0 radical (unpaired) electrons. The van der Waals surface area contributed by atoms with Gasteiger partial charge in [-0.1, -0.05) is 36.4 Å². The van der Waals surface area contributed by atoms with Gasteiger partial charge in [-0.2, -0.15) is 5.10 Å². The van der Waals surface area contributed by atoms with Crippen molar-refractivity contribution in [3.63, 3.8) is 0 Å². The van der Waals surface area contributed by atoms with Gasteiger partial charge >= 0.3 is 12.1 Å². The molecule has 3 aromatic rings. The van der Waals surface area contributed by atoms with Crippen molar-refractivity contribution in [3.05, 3.63) is 65.9 Å². The van der Waals surface area contributed by atoms with Gasteiger partial charge in [0.25, 0.3) is 5.91 Å². The normalized spacial score (nSPS) is 13.4. The SMILES string of the molecule is O=C(N[C@@H](CNC(=O)c1ccc2cn(CCCNC3=NCCN3)nc2c1)C(=O)O)OCc1ccccc1. The molecule has 0 bridgehead atoms. The van der Waals surface area contributed by atoms with Crippen LogP contribution in [-0.4, -0.2) is 71.0 Å². The number of aromatic nitrogens is 2. The fourth-order valence-electron chi connectivity index (χ4n) is 3.69. The minimum absolute atomic E-state index is 0.00104. The highest BCUT2D eigenvalue weighted by atomic mass is 16.5. The number of aliphatic imine (C=N–C) groups is 1. The van der Waals surface area contributed by atoms with E-state index in [0.29, 0.717) is 17.6 Å². The van der Waals surface area contributed by atoms with Crippen molar-refractivity contribution >= 4 is 34.8 Å². The molecule has 12 nitrogen and oxygen atoms in total. The Morgan fingerprint density at radius 3 is 2.76 bits per heavy atom. The number of benzene rings is 2. The van der Waals surface area contributed by atoms with Crippen LogP contribution in [0.15, 0.2) is 59.7 Å². The van der Waals surface area contributed by atoms with Crippen LogP contribution in [0, 0.1) is 0 Å². The van der Waals surface area contributed by atoms with Crippen molar-refractivity contribution in [2.45, 2.75) is 25.6 Å². The van der Waals surface area contributed by atoms with Crippen LogP contribution in [0.1, 0.15) is 22.3 Å². The molecule has 2 aromatic carbocycles. The second-order valence-electron chi connectivity index (χ2n) is 8.41. The summed E-state index contributed by atoms with van der Waals surface area (Å²) in [6.45, 7) is 2.79. The molecule has 194 valence electrons. The zero-order chi connectivity index (χ0) is 26.0. The summed E-state index contributed by atoms with van der Waals surface area (Å²) >= 11 is 0. The van der Waals surface area contributed by atoms with Crippen molar-refractivity contribution in [1.29, 1.82) is 0 Å². The monoisotopic (exact) mass is 507 g/mol. The molecule has 12 heteroatoms. The van der Waals surface area contributed by atoms with E-state index in [0.717, 1.165) is 43.0 Å². The predicted molar refractivity (Wildman–Crippen MR) is 136 cm³/mol. The minimum Gasteiger partial charge on any atom is -0.480 e. The molecule has 1 aliphatic heterocycles. The lowest BCUT2D eigenvalue weighted by atomic mass is 10.1. The van der Waals surface area contributed by atoms with Crippen LogP contribution in [0.4, 0.5) is 4.79 Å². The molecule has 0 spiro atoms. The molecule has 5 N–H and O–H groups in total. The Hall–Kier alpha value is -4.61. The number of amides is 2. The molecule has 2 heterocycles. The van der Waals surface area contributed by atoms with E-state index in [1.54, 1.807) is 42.5 Å². The van der Waals surface area contributed by atoms with E-state index >= 15 is 0 Å². The fourth-order valence-corrected chi connectivity index (χ4v) is 3.69. The second kappa shape index (κ2) is 12.4. The van der Waals surface area contributed by atoms with Crippen molar-refractivity contribution in [2.75, 3.05) is 26.2 Å². The molecular formula is C25H29N7O5. The van der Waals surface area contributed by atoms with E-state index in [1.165, 1.54) is 0 Å². The third-order valence-electron chi connectivity index (χ3n) is 5.62. The summed E-state index contributed by atoms with van der Waals surface area (Å²) in [6, 6.07) is 12.7. The van der Waals surface area contributed by atoms with Crippen LogP contribution in [0.3, 0.4) is 0 Å². The van der Waals surface area contributed by atoms with Gasteiger partial charge in [-0.15, -0.1) is 0 Å². The van der Waals surface area contributed by atoms with Gasteiger partial charge in [0.1, 0.15) is 12.6 Å². The number of aryl methyl sites for hydroxylation is 1. The van der Waals surface area contributed by atoms with E-state index in [2.05, 4.69) is 31.4 Å². The number of nitrogens with zero attached hydrogens (tertiary/aromatic N) is 3. The first-order chi connectivity index (χ1) is 18.0. The Labute approximate surface area is 213 Å². The Balaban J connectivity index is 1.25. The summed E-state index contributed by atoms with van der Waals surface area (Å²) in [7, 11) is 0. The number of rotatable bonds is 11. The van der Waals surface area contributed by atoms with Crippen molar-refractivity contribution in [1.82, 2.24) is 31.0 Å². The third kappa shape index (κ3) is 7.43. The first-order valence-corrected chi connectivity index (χ1v) is 12.0. The van der Waals surface area contributed by atoms with E-state index < -0.39 is 24.0 Å². The quantitative estimate of drug-likeness (QED) is 0.241. The molecule has 0 unspecified atom stereocenters. The van der Waals surface area contributed by atoms with Crippen LogP contribution in [-0.2, 0) is 22.7 Å². The van der Waals surface area contributed by atoms with Crippen LogP contribution in [0.2, 0.25) is 0 Å². The van der Waals surface area contributed by atoms with Gasteiger partial charge in [0.2, 0.25) is 0 Å². The number of carboxylic acid groups (broad SMARTS) is 1. The standard InChI is InChI=1S/C25H29N7O5/c33-22(29-14-21(23(34)35)30-25(36)37-16-17-5-2-1-3-6-17)18-7-8-19-15-32(31-20(19)13-18)12-4-9-26-24-27-10-11-28-24/h1-3,5-8,13,15,21H,4,9-12,14,16H2,(H,29,33)(H,30,36)(H,34,35)(H2,26,27,28)/t21-/m0/s1. The number of fused-ring (bicyclic) bond motifs is 1. The number of nitrogens with one attached hydrogen (secondary N) is 4. The molecule has 37 heavy (non-hydrogen) atoms. The molecule has 0 aliphatic carbocycles. The summed E-state index contributed by atoms with van der Waals surface area (Å²) < 4.78 is 6.88. The van der Waals surface area contributed by atoms with Crippen molar-refractivity contribution in [2.24, 2.45) is 4.99 Å². The zero-order valence-corrected chi connectivity index (χ0v) is 20.1. The van der Waals surface area contributed by atoms with Gasteiger partial charge in [0.15, 0.2) is 5.96 Å². The van der Waals surface area contributed by atoms with Crippen LogP contribution < -0.4 is 21.3 Å².